The van der Waals surface area contributed by atoms with E-state index in [4.69, 9.17) is 4.74 Å². The van der Waals surface area contributed by atoms with Crippen LogP contribution < -0.4 is 5.32 Å². The molecule has 1 aliphatic carbocycles. The molecule has 7 nitrogen and oxygen atoms in total. The molecule has 3 atom stereocenters. The van der Waals surface area contributed by atoms with Crippen LogP contribution in [-0.4, -0.2) is 38.6 Å². The molecule has 1 saturated carbocycles. The van der Waals surface area contributed by atoms with Crippen LogP contribution in [0.2, 0.25) is 0 Å². The molecule has 0 bridgehead atoms. The smallest absolute Gasteiger partial charge is 0.407 e. The number of carbonyl (C=O) groups is 1. The maximum absolute atomic E-state index is 11.8. The van der Waals surface area contributed by atoms with Crippen LogP contribution in [0.1, 0.15) is 30.1 Å². The summed E-state index contributed by atoms with van der Waals surface area (Å²) >= 11 is 0. The van der Waals surface area contributed by atoms with E-state index in [-0.39, 0.29) is 18.4 Å². The van der Waals surface area contributed by atoms with E-state index in [1.54, 1.807) is 6.33 Å². The van der Waals surface area contributed by atoms with Crippen molar-refractivity contribution in [3.8, 4) is 0 Å². The fourth-order valence-electron chi connectivity index (χ4n) is 3.18. The van der Waals surface area contributed by atoms with Crippen LogP contribution in [0.25, 0.3) is 0 Å². The zero-order chi connectivity index (χ0) is 16.9. The highest BCUT2D eigenvalue weighted by Gasteiger charge is 2.36. The summed E-state index contributed by atoms with van der Waals surface area (Å²) in [5.74, 6) is 1.04. The van der Waals surface area contributed by atoms with E-state index in [0.29, 0.717) is 13.0 Å². The quantitative estimate of drug-likeness (QED) is 0.869. The Morgan fingerprint density at radius 3 is 2.88 bits per heavy atom. The Labute approximate surface area is 140 Å². The molecule has 24 heavy (non-hydrogen) atoms. The van der Waals surface area contributed by atoms with E-state index in [9.17, 15) is 9.90 Å². The molecule has 7 heteroatoms. The van der Waals surface area contributed by atoms with Gasteiger partial charge in [-0.3, -0.25) is 0 Å². The van der Waals surface area contributed by atoms with Crippen LogP contribution in [0.5, 0.6) is 0 Å². The zero-order valence-electron chi connectivity index (χ0n) is 13.6. The van der Waals surface area contributed by atoms with Gasteiger partial charge in [-0.2, -0.15) is 0 Å². The third kappa shape index (κ3) is 3.91. The second-order valence-corrected chi connectivity index (χ2v) is 6.24. The van der Waals surface area contributed by atoms with Crippen molar-refractivity contribution in [1.29, 1.82) is 0 Å². The van der Waals surface area contributed by atoms with E-state index in [2.05, 4.69) is 15.5 Å². The summed E-state index contributed by atoms with van der Waals surface area (Å²) in [5.41, 5.74) is 0.941. The summed E-state index contributed by atoms with van der Waals surface area (Å²) in [6.45, 7) is 0.630. The van der Waals surface area contributed by atoms with Crippen molar-refractivity contribution in [3.05, 3.63) is 48.0 Å². The standard InChI is InChI=1S/C17H22N4O3/c1-21-11-19-20-16(21)13-7-14(15(22)8-13)9-18-17(23)24-10-12-5-3-2-4-6-12/h2-6,11,13-15,22H,7-10H2,1H3,(H,18,23)/t13-,14+,15+/m0/s1. The number of aromatic nitrogens is 3. The number of ether oxygens (including phenoxy) is 1. The summed E-state index contributed by atoms with van der Waals surface area (Å²) < 4.78 is 7.06. The molecule has 1 heterocycles. The number of nitrogens with one attached hydrogen (secondary N) is 1. The molecule has 1 aliphatic rings. The van der Waals surface area contributed by atoms with Crippen LogP contribution in [-0.2, 0) is 18.4 Å². The highest BCUT2D eigenvalue weighted by Crippen LogP contribution is 2.37. The van der Waals surface area contributed by atoms with Crippen molar-refractivity contribution >= 4 is 6.09 Å². The molecule has 1 amide bonds. The summed E-state index contributed by atoms with van der Waals surface area (Å²) in [5, 5.41) is 21.0. The molecule has 128 valence electrons. The molecule has 0 spiro atoms. The molecular weight excluding hydrogens is 308 g/mol. The van der Waals surface area contributed by atoms with Crippen molar-refractivity contribution in [3.63, 3.8) is 0 Å². The lowest BCUT2D eigenvalue weighted by atomic mass is 10.0. The molecule has 3 rings (SSSR count). The SMILES string of the molecule is Cn1cnnc1[C@H]1C[C@H](CNC(=O)OCc2ccccc2)[C@H](O)C1. The predicted octanol–water partition coefficient (Wildman–Crippen LogP) is 1.60. The van der Waals surface area contributed by atoms with E-state index in [1.807, 2.05) is 41.9 Å². The van der Waals surface area contributed by atoms with Crippen LogP contribution in [0.3, 0.4) is 0 Å². The average Bonchev–Trinajstić information content (AvgIpc) is 3.17. The molecule has 1 aromatic heterocycles. The first-order chi connectivity index (χ1) is 11.6. The van der Waals surface area contributed by atoms with Crippen LogP contribution >= 0.6 is 0 Å². The Balaban J connectivity index is 1.44. The number of aliphatic hydroxyl groups excluding tert-OH is 1. The van der Waals surface area contributed by atoms with Gasteiger partial charge in [0, 0.05) is 25.4 Å². The average molecular weight is 330 g/mol. The summed E-state index contributed by atoms with van der Waals surface area (Å²) in [4.78, 5) is 11.8. The largest absolute Gasteiger partial charge is 0.445 e. The maximum Gasteiger partial charge on any atom is 0.407 e. The van der Waals surface area contributed by atoms with Gasteiger partial charge in [-0.25, -0.2) is 4.79 Å². The Morgan fingerprint density at radius 2 is 2.17 bits per heavy atom. The molecule has 0 unspecified atom stereocenters. The van der Waals surface area contributed by atoms with Crippen LogP contribution in [0.4, 0.5) is 4.79 Å². The van der Waals surface area contributed by atoms with Gasteiger partial charge in [0.15, 0.2) is 0 Å². The lowest BCUT2D eigenvalue weighted by Crippen LogP contribution is -2.32. The van der Waals surface area contributed by atoms with Gasteiger partial charge in [0.2, 0.25) is 0 Å². The van der Waals surface area contributed by atoms with Gasteiger partial charge in [-0.15, -0.1) is 10.2 Å². The molecule has 0 saturated heterocycles. The van der Waals surface area contributed by atoms with Gasteiger partial charge in [-0.05, 0) is 18.4 Å². The van der Waals surface area contributed by atoms with Gasteiger partial charge in [0.1, 0.15) is 18.8 Å². The van der Waals surface area contributed by atoms with Gasteiger partial charge in [0.25, 0.3) is 0 Å². The van der Waals surface area contributed by atoms with Crippen molar-refractivity contribution in [2.45, 2.75) is 31.5 Å². The first kappa shape index (κ1) is 16.4. The lowest BCUT2D eigenvalue weighted by Gasteiger charge is -2.15. The number of hydrogen-bond acceptors (Lipinski definition) is 5. The lowest BCUT2D eigenvalue weighted by molar-refractivity contribution is 0.118. The number of amides is 1. The van der Waals surface area contributed by atoms with Gasteiger partial charge >= 0.3 is 6.09 Å². The number of benzene rings is 1. The molecule has 2 N–H and O–H groups in total. The zero-order valence-corrected chi connectivity index (χ0v) is 13.6. The number of aryl methyl sites for hydroxylation is 1. The van der Waals surface area contributed by atoms with Gasteiger partial charge in [-0.1, -0.05) is 30.3 Å². The number of aliphatic hydroxyl groups is 1. The Bertz CT molecular complexity index is 673. The van der Waals surface area contributed by atoms with E-state index >= 15 is 0 Å². The molecule has 0 radical (unpaired) electrons. The summed E-state index contributed by atoms with van der Waals surface area (Å²) in [6.07, 6.45) is 2.15. The minimum Gasteiger partial charge on any atom is -0.445 e. The van der Waals surface area contributed by atoms with Crippen LogP contribution in [0.15, 0.2) is 36.7 Å². The van der Waals surface area contributed by atoms with Crippen molar-refractivity contribution in [2.75, 3.05) is 6.54 Å². The van der Waals surface area contributed by atoms with Crippen molar-refractivity contribution < 1.29 is 14.6 Å². The summed E-state index contributed by atoms with van der Waals surface area (Å²) in [7, 11) is 1.90. The fraction of sp³-hybridized carbons (Fsp3) is 0.471. The topological polar surface area (TPSA) is 89.3 Å². The summed E-state index contributed by atoms with van der Waals surface area (Å²) in [6, 6.07) is 9.52. The van der Waals surface area contributed by atoms with Crippen molar-refractivity contribution in [2.24, 2.45) is 13.0 Å². The number of hydrogen-bond donors (Lipinski definition) is 2. The molecular formula is C17H22N4O3. The van der Waals surface area contributed by atoms with Crippen LogP contribution in [0, 0.1) is 5.92 Å². The Hall–Kier alpha value is -2.41. The first-order valence-corrected chi connectivity index (χ1v) is 8.10. The van der Waals surface area contributed by atoms with E-state index in [0.717, 1.165) is 17.8 Å². The second kappa shape index (κ2) is 7.44. The van der Waals surface area contributed by atoms with E-state index in [1.165, 1.54) is 0 Å². The van der Waals surface area contributed by atoms with E-state index < -0.39 is 12.2 Å². The molecule has 1 fully saturated rings. The Kier molecular flexibility index (Phi) is 5.10. The normalized spacial score (nSPS) is 23.2. The minimum atomic E-state index is -0.465. The minimum absolute atomic E-state index is 0.00373. The Morgan fingerprint density at radius 1 is 1.38 bits per heavy atom. The first-order valence-electron chi connectivity index (χ1n) is 8.10. The van der Waals surface area contributed by atoms with Crippen molar-refractivity contribution in [1.82, 2.24) is 20.1 Å². The number of rotatable bonds is 5. The monoisotopic (exact) mass is 330 g/mol. The molecule has 2 aromatic rings. The highest BCUT2D eigenvalue weighted by molar-refractivity contribution is 5.67. The number of alkyl carbamates (subject to hydrolysis) is 1. The van der Waals surface area contributed by atoms with Gasteiger partial charge < -0.3 is 19.7 Å². The third-order valence-electron chi connectivity index (χ3n) is 4.49. The number of carbonyl (C=O) groups excluding carboxylic acids is 1. The van der Waals surface area contributed by atoms with Gasteiger partial charge in [0.05, 0.1) is 6.10 Å². The predicted molar refractivity (Wildman–Crippen MR) is 87.1 cm³/mol. The maximum atomic E-state index is 11.8. The molecule has 0 aliphatic heterocycles. The third-order valence-corrected chi connectivity index (χ3v) is 4.49. The molecule has 1 aromatic carbocycles. The number of nitrogens with zero attached hydrogens (tertiary/aromatic N) is 3. The second-order valence-electron chi connectivity index (χ2n) is 6.24. The fourth-order valence-corrected chi connectivity index (χ4v) is 3.18. The highest BCUT2D eigenvalue weighted by atomic mass is 16.5.